The predicted octanol–water partition coefficient (Wildman–Crippen LogP) is 3.07. The first-order valence-electron chi connectivity index (χ1n) is 11.2. The molecule has 3 fully saturated rings. The van der Waals surface area contributed by atoms with Gasteiger partial charge in [-0.15, -0.1) is 0 Å². The molecule has 0 bridgehead atoms. The normalized spacial score (nSPS) is 24.1. The first kappa shape index (κ1) is 22.8. The van der Waals surface area contributed by atoms with Crippen LogP contribution in [-0.2, 0) is 9.47 Å². The largest absolute Gasteiger partial charge is 0.489 e. The van der Waals surface area contributed by atoms with E-state index in [1.54, 1.807) is 9.80 Å². The molecular formula is C22H28Cl2N4O5. The van der Waals surface area contributed by atoms with Crippen molar-refractivity contribution in [2.45, 2.75) is 38.8 Å². The summed E-state index contributed by atoms with van der Waals surface area (Å²) in [6, 6.07) is -0.334. The van der Waals surface area contributed by atoms with E-state index >= 15 is 0 Å². The topological polar surface area (TPSA) is 84.4 Å². The summed E-state index contributed by atoms with van der Waals surface area (Å²) in [7, 11) is 0. The number of hydrogen-bond donors (Lipinski definition) is 0. The number of nitrogens with zero attached hydrogens (tertiary/aromatic N) is 4. The van der Waals surface area contributed by atoms with Crippen molar-refractivity contribution < 1.29 is 23.8 Å². The number of hydrogen-bond acceptors (Lipinski definition) is 7. The minimum absolute atomic E-state index is 0.108. The Hall–Kier alpha value is -1.97. The number of piperazine rings is 1. The van der Waals surface area contributed by atoms with E-state index in [1.807, 2.05) is 20.8 Å². The van der Waals surface area contributed by atoms with Crippen molar-refractivity contribution in [1.29, 1.82) is 0 Å². The summed E-state index contributed by atoms with van der Waals surface area (Å²) in [5.74, 6) is 0.562. The Labute approximate surface area is 202 Å². The standard InChI is InChI=1S/C22H28Cl2N4O5/c1-21(2,3)33-20(30)26-6-7-28-13(8-26)9-32-16-14(19(28)29)18(25-17(24)15(16)23)27-5-4-22(10-27)11-31-12-22/h13H,4-12H2,1-3H3. The van der Waals surface area contributed by atoms with Crippen LogP contribution in [0.1, 0.15) is 37.6 Å². The molecule has 0 aromatic carbocycles. The summed E-state index contributed by atoms with van der Waals surface area (Å²) in [5.41, 5.74) is -0.143. The Kier molecular flexibility index (Phi) is 5.57. The lowest BCUT2D eigenvalue weighted by atomic mass is 9.85. The van der Waals surface area contributed by atoms with E-state index in [0.29, 0.717) is 44.2 Å². The van der Waals surface area contributed by atoms with Crippen molar-refractivity contribution >= 4 is 41.0 Å². The monoisotopic (exact) mass is 498 g/mol. The van der Waals surface area contributed by atoms with Crippen LogP contribution in [0.3, 0.4) is 0 Å². The highest BCUT2D eigenvalue weighted by molar-refractivity contribution is 6.42. The van der Waals surface area contributed by atoms with Crippen molar-refractivity contribution in [1.82, 2.24) is 14.8 Å². The molecular weight excluding hydrogens is 471 g/mol. The number of fused-ring (bicyclic) bond motifs is 2. The van der Waals surface area contributed by atoms with Crippen LogP contribution in [0.4, 0.5) is 10.6 Å². The summed E-state index contributed by atoms with van der Waals surface area (Å²) in [5, 5.41) is 0.243. The number of pyridine rings is 1. The summed E-state index contributed by atoms with van der Waals surface area (Å²) in [4.78, 5) is 36.3. The van der Waals surface area contributed by atoms with Crippen molar-refractivity contribution in [3.8, 4) is 5.75 Å². The highest BCUT2D eigenvalue weighted by atomic mass is 35.5. The molecule has 5 rings (SSSR count). The number of carbonyl (C=O) groups excluding carboxylic acids is 2. The average Bonchev–Trinajstić information content (AvgIpc) is 3.13. The lowest BCUT2D eigenvalue weighted by Gasteiger charge is -2.40. The number of amides is 2. The predicted molar refractivity (Wildman–Crippen MR) is 122 cm³/mol. The summed E-state index contributed by atoms with van der Waals surface area (Å²) >= 11 is 12.8. The zero-order valence-corrected chi connectivity index (χ0v) is 20.5. The van der Waals surface area contributed by atoms with Gasteiger partial charge in [0.05, 0.1) is 19.3 Å². The van der Waals surface area contributed by atoms with Gasteiger partial charge in [0.2, 0.25) is 0 Å². The molecule has 1 atom stereocenters. The summed E-state index contributed by atoms with van der Waals surface area (Å²) in [6.45, 7) is 9.65. The zero-order valence-electron chi connectivity index (χ0n) is 19.0. The van der Waals surface area contributed by atoms with Crippen LogP contribution < -0.4 is 9.64 Å². The number of anilines is 1. The SMILES string of the molecule is CC(C)(C)OC(=O)N1CCN2C(=O)c3c(N4CCC5(COC5)C4)nc(Cl)c(Cl)c3OCC2C1. The van der Waals surface area contributed by atoms with Gasteiger partial charge in [0.15, 0.2) is 10.9 Å². The smallest absolute Gasteiger partial charge is 0.410 e. The van der Waals surface area contributed by atoms with Gasteiger partial charge < -0.3 is 28.9 Å². The van der Waals surface area contributed by atoms with Crippen LogP contribution >= 0.6 is 23.2 Å². The van der Waals surface area contributed by atoms with Crippen LogP contribution in [0.15, 0.2) is 0 Å². The Bertz CT molecular complexity index is 994. The van der Waals surface area contributed by atoms with E-state index in [0.717, 1.165) is 19.5 Å². The average molecular weight is 499 g/mol. The van der Waals surface area contributed by atoms with E-state index < -0.39 is 11.7 Å². The molecule has 1 aromatic heterocycles. The fourth-order valence-corrected chi connectivity index (χ4v) is 5.24. The van der Waals surface area contributed by atoms with E-state index in [9.17, 15) is 9.59 Å². The highest BCUT2D eigenvalue weighted by Crippen LogP contribution is 2.45. The number of rotatable bonds is 1. The third-order valence-corrected chi connectivity index (χ3v) is 7.34. The van der Waals surface area contributed by atoms with Gasteiger partial charge in [0.1, 0.15) is 28.6 Å². The second-order valence-corrected chi connectivity index (χ2v) is 11.0. The Morgan fingerprint density at radius 1 is 1.21 bits per heavy atom. The molecule has 1 spiro atoms. The molecule has 1 aromatic rings. The van der Waals surface area contributed by atoms with Crippen LogP contribution in [-0.4, -0.2) is 91.0 Å². The number of aromatic nitrogens is 1. The molecule has 0 aliphatic carbocycles. The van der Waals surface area contributed by atoms with Crippen LogP contribution in [0, 0.1) is 5.41 Å². The molecule has 1 unspecified atom stereocenters. The minimum atomic E-state index is -0.594. The number of halogens is 2. The molecule has 0 saturated carbocycles. The van der Waals surface area contributed by atoms with Gasteiger partial charge in [-0.1, -0.05) is 23.2 Å². The van der Waals surface area contributed by atoms with Gasteiger partial charge in [-0.2, -0.15) is 0 Å². The molecule has 4 aliphatic heterocycles. The molecule has 3 saturated heterocycles. The van der Waals surface area contributed by atoms with Gasteiger partial charge in [-0.25, -0.2) is 9.78 Å². The maximum atomic E-state index is 13.8. The van der Waals surface area contributed by atoms with Gasteiger partial charge in [0, 0.05) is 38.1 Å². The van der Waals surface area contributed by atoms with Gasteiger partial charge in [-0.05, 0) is 27.2 Å². The molecule has 4 aliphatic rings. The lowest BCUT2D eigenvalue weighted by molar-refractivity contribution is -0.0985. The van der Waals surface area contributed by atoms with Crippen molar-refractivity contribution in [3.05, 3.63) is 15.7 Å². The van der Waals surface area contributed by atoms with Crippen LogP contribution in [0.25, 0.3) is 0 Å². The molecule has 5 heterocycles. The first-order valence-corrected chi connectivity index (χ1v) is 12.0. The maximum absolute atomic E-state index is 13.8. The molecule has 33 heavy (non-hydrogen) atoms. The maximum Gasteiger partial charge on any atom is 0.410 e. The summed E-state index contributed by atoms with van der Waals surface area (Å²) in [6.07, 6.45) is 0.570. The number of ether oxygens (including phenoxy) is 3. The molecule has 2 amide bonds. The highest BCUT2D eigenvalue weighted by Gasteiger charge is 2.47. The first-order chi connectivity index (χ1) is 15.6. The Morgan fingerprint density at radius 2 is 1.97 bits per heavy atom. The fraction of sp³-hybridized carbons (Fsp3) is 0.682. The van der Waals surface area contributed by atoms with Crippen molar-refractivity contribution in [2.75, 3.05) is 57.4 Å². The Morgan fingerprint density at radius 3 is 2.61 bits per heavy atom. The van der Waals surface area contributed by atoms with E-state index in [-0.39, 0.29) is 39.9 Å². The van der Waals surface area contributed by atoms with E-state index in [4.69, 9.17) is 37.4 Å². The molecule has 180 valence electrons. The van der Waals surface area contributed by atoms with Crippen molar-refractivity contribution in [2.24, 2.45) is 5.41 Å². The second-order valence-electron chi connectivity index (χ2n) is 10.3. The minimum Gasteiger partial charge on any atom is -0.489 e. The van der Waals surface area contributed by atoms with Gasteiger partial charge in [-0.3, -0.25) is 4.79 Å². The second kappa shape index (κ2) is 8.06. The van der Waals surface area contributed by atoms with E-state index in [1.165, 1.54) is 0 Å². The molecule has 11 heteroatoms. The summed E-state index contributed by atoms with van der Waals surface area (Å²) < 4.78 is 17.0. The van der Waals surface area contributed by atoms with Gasteiger partial charge in [0.25, 0.3) is 5.91 Å². The van der Waals surface area contributed by atoms with E-state index in [2.05, 4.69) is 9.88 Å². The quantitative estimate of drug-likeness (QED) is 0.550. The molecule has 0 N–H and O–H groups in total. The van der Waals surface area contributed by atoms with Crippen LogP contribution in [0.2, 0.25) is 10.2 Å². The van der Waals surface area contributed by atoms with Crippen molar-refractivity contribution in [3.63, 3.8) is 0 Å². The third-order valence-electron chi connectivity index (χ3n) is 6.62. The zero-order chi connectivity index (χ0) is 23.5. The molecule has 0 radical (unpaired) electrons. The number of carbonyl (C=O) groups is 2. The van der Waals surface area contributed by atoms with Crippen LogP contribution in [0.5, 0.6) is 5.75 Å². The lowest BCUT2D eigenvalue weighted by Crippen LogP contribution is -2.58. The molecule has 9 nitrogen and oxygen atoms in total. The Balaban J connectivity index is 1.43. The van der Waals surface area contributed by atoms with Gasteiger partial charge >= 0.3 is 6.09 Å². The third kappa shape index (κ3) is 4.08. The fourth-order valence-electron chi connectivity index (χ4n) is 4.88.